The number of nitro benzene ring substituents is 1. The van der Waals surface area contributed by atoms with Crippen molar-refractivity contribution in [3.8, 4) is 5.75 Å². The molecule has 6 heteroatoms. The summed E-state index contributed by atoms with van der Waals surface area (Å²) in [4.78, 5) is 10.9. The SMILES string of the molecule is CCC(C)(C)c1cc(N=Nc2ccc(C)cc2[N+](=O)[O-])c(O)c(C(C)(C)CC)c1. The summed E-state index contributed by atoms with van der Waals surface area (Å²) in [5.41, 5.74) is 2.68. The first-order chi connectivity index (χ1) is 13.4. The van der Waals surface area contributed by atoms with Crippen molar-refractivity contribution < 1.29 is 10.0 Å². The molecule has 6 nitrogen and oxygen atoms in total. The van der Waals surface area contributed by atoms with Crippen LogP contribution in [0.2, 0.25) is 0 Å². The fourth-order valence-corrected chi connectivity index (χ4v) is 2.97. The second-order valence-electron chi connectivity index (χ2n) is 8.82. The molecule has 0 aromatic heterocycles. The maximum Gasteiger partial charge on any atom is 0.296 e. The number of benzene rings is 2. The molecular weight excluding hydrogens is 366 g/mol. The highest BCUT2D eigenvalue weighted by atomic mass is 16.6. The molecule has 2 aromatic carbocycles. The molecule has 2 aromatic rings. The highest BCUT2D eigenvalue weighted by molar-refractivity contribution is 5.62. The van der Waals surface area contributed by atoms with Crippen molar-refractivity contribution in [2.24, 2.45) is 10.2 Å². The van der Waals surface area contributed by atoms with Crippen LogP contribution in [0.15, 0.2) is 40.6 Å². The van der Waals surface area contributed by atoms with Crippen LogP contribution in [0.3, 0.4) is 0 Å². The number of nitro groups is 1. The molecule has 0 saturated heterocycles. The Balaban J connectivity index is 2.67. The van der Waals surface area contributed by atoms with Gasteiger partial charge in [-0.25, -0.2) is 0 Å². The van der Waals surface area contributed by atoms with Crippen molar-refractivity contribution in [2.75, 3.05) is 0 Å². The molecule has 0 aliphatic heterocycles. The molecular formula is C23H31N3O3. The molecule has 1 N–H and O–H groups in total. The first kappa shape index (κ1) is 22.5. The van der Waals surface area contributed by atoms with Crippen LogP contribution in [0.5, 0.6) is 5.75 Å². The van der Waals surface area contributed by atoms with Crippen LogP contribution in [-0.2, 0) is 10.8 Å². The van der Waals surface area contributed by atoms with Gasteiger partial charge in [0.25, 0.3) is 5.69 Å². The maximum absolute atomic E-state index is 11.4. The lowest BCUT2D eigenvalue weighted by Crippen LogP contribution is -2.20. The number of nitrogens with zero attached hydrogens (tertiary/aromatic N) is 3. The predicted molar refractivity (Wildman–Crippen MR) is 117 cm³/mol. The summed E-state index contributed by atoms with van der Waals surface area (Å²) in [7, 11) is 0. The quantitative estimate of drug-likeness (QED) is 0.300. The molecule has 0 saturated carbocycles. The summed E-state index contributed by atoms with van der Waals surface area (Å²) < 4.78 is 0. The third kappa shape index (κ3) is 4.81. The maximum atomic E-state index is 11.4. The third-order valence-corrected chi connectivity index (χ3v) is 5.96. The van der Waals surface area contributed by atoms with Gasteiger partial charge < -0.3 is 5.11 Å². The van der Waals surface area contributed by atoms with E-state index in [1.807, 2.05) is 6.07 Å². The summed E-state index contributed by atoms with van der Waals surface area (Å²) >= 11 is 0. The molecule has 0 bridgehead atoms. The lowest BCUT2D eigenvalue weighted by atomic mass is 9.76. The van der Waals surface area contributed by atoms with E-state index in [1.54, 1.807) is 19.1 Å². The van der Waals surface area contributed by atoms with E-state index in [0.717, 1.165) is 29.5 Å². The van der Waals surface area contributed by atoms with Gasteiger partial charge in [0.2, 0.25) is 0 Å². The minimum atomic E-state index is -0.469. The van der Waals surface area contributed by atoms with Crippen molar-refractivity contribution in [3.63, 3.8) is 0 Å². The average molecular weight is 398 g/mol. The van der Waals surface area contributed by atoms with Crippen LogP contribution in [-0.4, -0.2) is 10.0 Å². The molecule has 156 valence electrons. The molecule has 0 unspecified atom stereocenters. The number of hydrogen-bond acceptors (Lipinski definition) is 5. The lowest BCUT2D eigenvalue weighted by molar-refractivity contribution is -0.384. The van der Waals surface area contributed by atoms with E-state index in [-0.39, 0.29) is 28.0 Å². The average Bonchev–Trinajstić information content (AvgIpc) is 2.67. The summed E-state index contributed by atoms with van der Waals surface area (Å²) in [6.45, 7) is 14.4. The smallest absolute Gasteiger partial charge is 0.296 e. The number of hydrogen-bond donors (Lipinski definition) is 1. The van der Waals surface area contributed by atoms with Crippen molar-refractivity contribution >= 4 is 17.1 Å². The van der Waals surface area contributed by atoms with Crippen molar-refractivity contribution in [2.45, 2.75) is 72.1 Å². The van der Waals surface area contributed by atoms with E-state index in [1.165, 1.54) is 6.07 Å². The zero-order chi connectivity index (χ0) is 22.0. The lowest BCUT2D eigenvalue weighted by Gasteiger charge is -2.30. The summed E-state index contributed by atoms with van der Waals surface area (Å²) in [6.07, 6.45) is 1.76. The summed E-state index contributed by atoms with van der Waals surface area (Å²) in [6, 6.07) is 8.68. The van der Waals surface area contributed by atoms with Crippen molar-refractivity contribution in [1.82, 2.24) is 0 Å². The Kier molecular flexibility index (Phi) is 6.46. The van der Waals surface area contributed by atoms with Gasteiger partial charge >= 0.3 is 0 Å². The normalized spacial score (nSPS) is 12.5. The van der Waals surface area contributed by atoms with Crippen LogP contribution >= 0.6 is 0 Å². The number of azo groups is 1. The Labute approximate surface area is 172 Å². The fraction of sp³-hybridized carbons (Fsp3) is 0.478. The number of phenols is 1. The fourth-order valence-electron chi connectivity index (χ4n) is 2.97. The van der Waals surface area contributed by atoms with Crippen LogP contribution in [0.4, 0.5) is 17.1 Å². The number of phenolic OH excluding ortho intramolecular Hbond substituents is 1. The predicted octanol–water partition coefficient (Wildman–Crippen LogP) is 7.40. The summed E-state index contributed by atoms with van der Waals surface area (Å²) in [5, 5.41) is 30.6. The topological polar surface area (TPSA) is 88.1 Å². The molecule has 0 aliphatic carbocycles. The minimum Gasteiger partial charge on any atom is -0.505 e. The van der Waals surface area contributed by atoms with Crippen molar-refractivity contribution in [3.05, 3.63) is 57.1 Å². The molecule has 0 heterocycles. The molecule has 0 atom stereocenters. The van der Waals surface area contributed by atoms with Crippen LogP contribution in [0.25, 0.3) is 0 Å². The molecule has 0 aliphatic rings. The van der Waals surface area contributed by atoms with Crippen molar-refractivity contribution in [1.29, 1.82) is 0 Å². The summed E-state index contributed by atoms with van der Waals surface area (Å²) in [5.74, 6) is 0.0750. The Morgan fingerprint density at radius 2 is 1.55 bits per heavy atom. The number of aryl methyl sites for hydroxylation is 1. The zero-order valence-electron chi connectivity index (χ0n) is 18.4. The molecule has 0 amide bonds. The van der Waals surface area contributed by atoms with Gasteiger partial charge in [0.1, 0.15) is 11.4 Å². The van der Waals surface area contributed by atoms with Gasteiger partial charge in [-0.2, -0.15) is 0 Å². The zero-order valence-corrected chi connectivity index (χ0v) is 18.4. The van der Waals surface area contributed by atoms with Gasteiger partial charge in [-0.3, -0.25) is 10.1 Å². The standard InChI is InChI=1S/C23H31N3O3/c1-8-22(4,5)16-13-17(23(6,7)9-2)21(27)19(14-16)25-24-18-11-10-15(3)12-20(18)26(28)29/h10-14,27H,8-9H2,1-7H3. The van der Waals surface area contributed by atoms with Gasteiger partial charge in [-0.1, -0.05) is 53.7 Å². The van der Waals surface area contributed by atoms with E-state index in [9.17, 15) is 15.2 Å². The van der Waals surface area contributed by atoms with Gasteiger partial charge in [-0.05, 0) is 53.9 Å². The van der Waals surface area contributed by atoms with Gasteiger partial charge in [0, 0.05) is 11.6 Å². The molecule has 29 heavy (non-hydrogen) atoms. The van der Waals surface area contributed by atoms with Gasteiger partial charge in [0.05, 0.1) is 4.92 Å². The van der Waals surface area contributed by atoms with Crippen LogP contribution in [0, 0.1) is 17.0 Å². The molecule has 0 radical (unpaired) electrons. The Hall–Kier alpha value is -2.76. The second kappa shape index (κ2) is 8.31. The molecule has 2 rings (SSSR count). The first-order valence-electron chi connectivity index (χ1n) is 9.97. The molecule has 0 spiro atoms. The van der Waals surface area contributed by atoms with Crippen LogP contribution < -0.4 is 0 Å². The Morgan fingerprint density at radius 1 is 0.966 bits per heavy atom. The largest absolute Gasteiger partial charge is 0.505 e. The number of rotatable bonds is 7. The minimum absolute atomic E-state index is 0.0750. The monoisotopic (exact) mass is 397 g/mol. The highest BCUT2D eigenvalue weighted by Crippen LogP contribution is 2.44. The van der Waals surface area contributed by atoms with E-state index < -0.39 is 4.92 Å². The Bertz CT molecular complexity index is 947. The highest BCUT2D eigenvalue weighted by Gasteiger charge is 2.28. The van der Waals surface area contributed by atoms with Gasteiger partial charge in [0.15, 0.2) is 5.69 Å². The van der Waals surface area contributed by atoms with E-state index >= 15 is 0 Å². The third-order valence-electron chi connectivity index (χ3n) is 5.96. The van der Waals surface area contributed by atoms with E-state index in [2.05, 4.69) is 57.8 Å². The van der Waals surface area contributed by atoms with E-state index in [0.29, 0.717) is 5.69 Å². The first-order valence-corrected chi connectivity index (χ1v) is 9.97. The number of aromatic hydroxyl groups is 1. The molecule has 0 fully saturated rings. The van der Waals surface area contributed by atoms with Gasteiger partial charge in [-0.15, -0.1) is 10.2 Å². The Morgan fingerprint density at radius 3 is 2.10 bits per heavy atom. The van der Waals surface area contributed by atoms with E-state index in [4.69, 9.17) is 0 Å². The van der Waals surface area contributed by atoms with Crippen LogP contribution in [0.1, 0.15) is 71.1 Å². The second-order valence-corrected chi connectivity index (χ2v) is 8.82.